The second-order valence-corrected chi connectivity index (χ2v) is 1.70. The minimum absolute atomic E-state index is 0.0648. The number of nitrogens with one attached hydrogen (secondary N) is 1. The molecule has 0 aliphatic rings. The molecule has 0 aliphatic heterocycles. The summed E-state index contributed by atoms with van der Waals surface area (Å²) in [6.07, 6.45) is 0.845. The Labute approximate surface area is 53.5 Å². The molecule has 0 bridgehead atoms. The first kappa shape index (κ1) is 7.88. The van der Waals surface area contributed by atoms with Crippen LogP contribution in [0.2, 0.25) is 0 Å². The molecule has 0 saturated heterocycles. The fraction of sp³-hybridized carbons (Fsp3) is 0.333. The number of aliphatic hydroxyl groups is 1. The van der Waals surface area contributed by atoms with Crippen LogP contribution in [0.1, 0.15) is 13.8 Å². The molecule has 0 atom stereocenters. The average Bonchev–Trinajstić information content (AvgIpc) is 1.64. The monoisotopic (exact) mass is 127 g/mol. The van der Waals surface area contributed by atoms with E-state index < -0.39 is 0 Å². The van der Waals surface area contributed by atoms with Gasteiger partial charge < -0.3 is 10.5 Å². The molecule has 0 radical (unpaired) electrons. The van der Waals surface area contributed by atoms with E-state index >= 15 is 0 Å². The molecule has 0 amide bonds. The zero-order valence-electron chi connectivity index (χ0n) is 5.43. The number of hydrogen-bond acceptors (Lipinski definition) is 3. The number of aliphatic hydroxyl groups excluding tert-OH is 1. The number of hydrogen-bond donors (Lipinski definition) is 2. The van der Waals surface area contributed by atoms with Gasteiger partial charge in [-0.2, -0.15) is 0 Å². The molecule has 0 aromatic carbocycles. The highest BCUT2D eigenvalue weighted by Gasteiger charge is 2.02. The van der Waals surface area contributed by atoms with Crippen LogP contribution in [-0.2, 0) is 4.79 Å². The lowest BCUT2D eigenvalue weighted by molar-refractivity contribution is -0.113. The second-order valence-electron chi connectivity index (χ2n) is 1.70. The second kappa shape index (κ2) is 3.02. The SMILES string of the molecule is CC(=O)/C(C=N)=C(/C)O. The van der Waals surface area contributed by atoms with Gasteiger partial charge in [0.1, 0.15) is 5.76 Å². The number of rotatable bonds is 2. The first-order chi connectivity index (χ1) is 4.09. The number of ketones is 1. The highest BCUT2D eigenvalue weighted by Crippen LogP contribution is 1.97. The largest absolute Gasteiger partial charge is 0.512 e. The topological polar surface area (TPSA) is 61.2 Å². The Bertz CT molecular complexity index is 166. The Hall–Kier alpha value is -1.12. The van der Waals surface area contributed by atoms with E-state index in [1.807, 2.05) is 0 Å². The molecule has 0 rings (SSSR count). The summed E-state index contributed by atoms with van der Waals surface area (Å²) in [7, 11) is 0. The van der Waals surface area contributed by atoms with Crippen LogP contribution in [0, 0.1) is 5.41 Å². The lowest BCUT2D eigenvalue weighted by Crippen LogP contribution is -2.00. The van der Waals surface area contributed by atoms with Crippen molar-refractivity contribution in [2.45, 2.75) is 13.8 Å². The van der Waals surface area contributed by atoms with Gasteiger partial charge in [0.2, 0.25) is 0 Å². The van der Waals surface area contributed by atoms with Crippen LogP contribution in [0.15, 0.2) is 11.3 Å². The van der Waals surface area contributed by atoms with E-state index in [1.165, 1.54) is 13.8 Å². The van der Waals surface area contributed by atoms with E-state index in [1.54, 1.807) is 0 Å². The minimum Gasteiger partial charge on any atom is -0.512 e. The quantitative estimate of drug-likeness (QED) is 0.331. The molecule has 0 fully saturated rings. The Morgan fingerprint density at radius 1 is 1.56 bits per heavy atom. The van der Waals surface area contributed by atoms with E-state index in [9.17, 15) is 4.79 Å². The molecule has 0 heterocycles. The lowest BCUT2D eigenvalue weighted by Gasteiger charge is -1.93. The summed E-state index contributed by atoms with van der Waals surface area (Å²) in [6.45, 7) is 2.68. The van der Waals surface area contributed by atoms with Gasteiger partial charge in [-0.15, -0.1) is 0 Å². The number of carbonyl (C=O) groups excluding carboxylic acids is 1. The zero-order valence-corrected chi connectivity index (χ0v) is 5.43. The maximum absolute atomic E-state index is 10.4. The standard InChI is InChI=1S/C6H9NO2/c1-4(8)6(3-7)5(2)9/h3,7-8H,1-2H3/b6-4-,7-3?. The van der Waals surface area contributed by atoms with Gasteiger partial charge in [0.05, 0.1) is 5.57 Å². The van der Waals surface area contributed by atoms with Crippen LogP contribution in [0.3, 0.4) is 0 Å². The van der Waals surface area contributed by atoms with Crippen molar-refractivity contribution in [3.63, 3.8) is 0 Å². The average molecular weight is 127 g/mol. The molecule has 0 aliphatic carbocycles. The zero-order chi connectivity index (χ0) is 7.44. The molecule has 3 nitrogen and oxygen atoms in total. The lowest BCUT2D eigenvalue weighted by atomic mass is 10.2. The molecule has 0 saturated carbocycles. The van der Waals surface area contributed by atoms with Gasteiger partial charge in [-0.25, -0.2) is 0 Å². The third-order valence-electron chi connectivity index (χ3n) is 0.913. The van der Waals surface area contributed by atoms with Gasteiger partial charge >= 0.3 is 0 Å². The minimum atomic E-state index is -0.287. The molecule has 9 heavy (non-hydrogen) atoms. The number of allylic oxidation sites excluding steroid dienone is 2. The van der Waals surface area contributed by atoms with Crippen molar-refractivity contribution in [2.24, 2.45) is 0 Å². The van der Waals surface area contributed by atoms with Crippen LogP contribution < -0.4 is 0 Å². The molecular weight excluding hydrogens is 118 g/mol. The Morgan fingerprint density at radius 3 is 2.00 bits per heavy atom. The van der Waals surface area contributed by atoms with Crippen molar-refractivity contribution in [3.05, 3.63) is 11.3 Å². The van der Waals surface area contributed by atoms with Crippen molar-refractivity contribution < 1.29 is 9.90 Å². The van der Waals surface area contributed by atoms with Crippen LogP contribution >= 0.6 is 0 Å². The maximum Gasteiger partial charge on any atom is 0.164 e. The highest BCUT2D eigenvalue weighted by molar-refractivity contribution is 6.11. The predicted molar refractivity (Wildman–Crippen MR) is 34.8 cm³/mol. The number of Topliss-reactive ketones (excluding diaryl/α,β-unsaturated/α-hetero) is 1. The van der Waals surface area contributed by atoms with Crippen molar-refractivity contribution in [1.29, 1.82) is 5.41 Å². The number of carbonyl (C=O) groups is 1. The molecule has 0 unspecified atom stereocenters. The van der Waals surface area contributed by atoms with E-state index in [0.717, 1.165) is 6.21 Å². The molecule has 0 aromatic heterocycles. The molecule has 3 heteroatoms. The fourth-order valence-electron chi connectivity index (χ4n) is 0.461. The van der Waals surface area contributed by atoms with Crippen LogP contribution in [-0.4, -0.2) is 17.1 Å². The fourth-order valence-corrected chi connectivity index (χ4v) is 0.461. The third-order valence-corrected chi connectivity index (χ3v) is 0.913. The summed E-state index contributed by atoms with van der Waals surface area (Å²) < 4.78 is 0. The van der Waals surface area contributed by atoms with Crippen molar-refractivity contribution >= 4 is 12.0 Å². The molecule has 50 valence electrons. The Kier molecular flexibility index (Phi) is 2.64. The smallest absolute Gasteiger partial charge is 0.164 e. The van der Waals surface area contributed by atoms with Crippen molar-refractivity contribution in [2.75, 3.05) is 0 Å². The van der Waals surface area contributed by atoms with Crippen molar-refractivity contribution in [1.82, 2.24) is 0 Å². The first-order valence-corrected chi connectivity index (χ1v) is 2.51. The Balaban J connectivity index is 4.55. The molecule has 2 N–H and O–H groups in total. The summed E-state index contributed by atoms with van der Waals surface area (Å²) in [5.41, 5.74) is 0.0648. The van der Waals surface area contributed by atoms with Crippen LogP contribution in [0.25, 0.3) is 0 Å². The van der Waals surface area contributed by atoms with Crippen LogP contribution in [0.4, 0.5) is 0 Å². The van der Waals surface area contributed by atoms with Gasteiger partial charge in [0.15, 0.2) is 5.78 Å². The van der Waals surface area contributed by atoms with Gasteiger partial charge in [0, 0.05) is 6.21 Å². The predicted octanol–water partition coefficient (Wildman–Crippen LogP) is 1.06. The van der Waals surface area contributed by atoms with E-state index in [4.69, 9.17) is 10.5 Å². The van der Waals surface area contributed by atoms with Gasteiger partial charge in [-0.05, 0) is 13.8 Å². The molecule has 0 aromatic rings. The van der Waals surface area contributed by atoms with Crippen LogP contribution in [0.5, 0.6) is 0 Å². The summed E-state index contributed by atoms with van der Waals surface area (Å²) in [5, 5.41) is 15.3. The summed E-state index contributed by atoms with van der Waals surface area (Å²) in [4.78, 5) is 10.4. The van der Waals surface area contributed by atoms with Gasteiger partial charge in [0.25, 0.3) is 0 Å². The maximum atomic E-state index is 10.4. The summed E-state index contributed by atoms with van der Waals surface area (Å²) in [5.74, 6) is -0.387. The molecular formula is C6H9NO2. The van der Waals surface area contributed by atoms with E-state index in [-0.39, 0.29) is 17.1 Å². The van der Waals surface area contributed by atoms with E-state index in [2.05, 4.69) is 0 Å². The van der Waals surface area contributed by atoms with Gasteiger partial charge in [-0.3, -0.25) is 4.79 Å². The Morgan fingerprint density at radius 2 is 2.00 bits per heavy atom. The summed E-state index contributed by atoms with van der Waals surface area (Å²) >= 11 is 0. The van der Waals surface area contributed by atoms with Gasteiger partial charge in [-0.1, -0.05) is 0 Å². The summed E-state index contributed by atoms with van der Waals surface area (Å²) in [6, 6.07) is 0. The first-order valence-electron chi connectivity index (χ1n) is 2.51. The van der Waals surface area contributed by atoms with Crippen molar-refractivity contribution in [3.8, 4) is 0 Å². The third kappa shape index (κ3) is 2.08. The highest BCUT2D eigenvalue weighted by atomic mass is 16.3. The van der Waals surface area contributed by atoms with E-state index in [0.29, 0.717) is 0 Å². The molecule has 0 spiro atoms. The normalized spacial score (nSPS) is 12.2.